The van der Waals surface area contributed by atoms with Crippen LogP contribution in [-0.2, 0) is 4.79 Å². The highest BCUT2D eigenvalue weighted by atomic mass is 16.3. The molecule has 11 heavy (non-hydrogen) atoms. The third-order valence-corrected chi connectivity index (χ3v) is 1.46. The molecule has 0 aromatic carbocycles. The predicted molar refractivity (Wildman–Crippen MR) is 44.1 cm³/mol. The summed E-state index contributed by atoms with van der Waals surface area (Å²) in [7, 11) is 0. The van der Waals surface area contributed by atoms with E-state index in [-0.39, 0.29) is 24.3 Å². The number of carbonyl (C=O) groups excluding carboxylic acids is 1. The van der Waals surface area contributed by atoms with Crippen molar-refractivity contribution in [2.24, 2.45) is 11.8 Å². The van der Waals surface area contributed by atoms with Gasteiger partial charge in [-0.3, -0.25) is 4.79 Å². The summed E-state index contributed by atoms with van der Waals surface area (Å²) in [5.41, 5.74) is 0. The summed E-state index contributed by atoms with van der Waals surface area (Å²) in [6.07, 6.45) is 0. The van der Waals surface area contributed by atoms with Crippen molar-refractivity contribution < 1.29 is 9.90 Å². The molecular weight excluding hydrogens is 142 g/mol. The fourth-order valence-electron chi connectivity index (χ4n) is 0.543. The Morgan fingerprint density at radius 1 is 1.45 bits per heavy atom. The molecule has 0 fully saturated rings. The SMILES string of the molecule is CC(C)C(=O)NC[C@@H](C)CO. The average Bonchev–Trinajstić information content (AvgIpc) is 1.99. The van der Waals surface area contributed by atoms with Crippen LogP contribution >= 0.6 is 0 Å². The molecule has 0 saturated heterocycles. The summed E-state index contributed by atoms with van der Waals surface area (Å²) in [5.74, 6) is 0.226. The number of hydrogen-bond donors (Lipinski definition) is 2. The van der Waals surface area contributed by atoms with Crippen LogP contribution in [0.3, 0.4) is 0 Å². The van der Waals surface area contributed by atoms with Crippen LogP contribution < -0.4 is 5.32 Å². The molecule has 0 saturated carbocycles. The average molecular weight is 159 g/mol. The van der Waals surface area contributed by atoms with E-state index < -0.39 is 0 Å². The van der Waals surface area contributed by atoms with Crippen molar-refractivity contribution >= 4 is 5.91 Å². The molecule has 66 valence electrons. The first-order valence-corrected chi connectivity index (χ1v) is 3.96. The van der Waals surface area contributed by atoms with E-state index in [4.69, 9.17) is 5.11 Å². The van der Waals surface area contributed by atoms with Crippen molar-refractivity contribution in [2.75, 3.05) is 13.2 Å². The summed E-state index contributed by atoms with van der Waals surface area (Å²) in [6, 6.07) is 0. The van der Waals surface area contributed by atoms with Gasteiger partial charge in [-0.15, -0.1) is 0 Å². The van der Waals surface area contributed by atoms with Gasteiger partial charge in [-0.2, -0.15) is 0 Å². The van der Waals surface area contributed by atoms with Crippen molar-refractivity contribution in [3.05, 3.63) is 0 Å². The molecule has 0 rings (SSSR count). The second-order valence-electron chi connectivity index (χ2n) is 3.19. The lowest BCUT2D eigenvalue weighted by atomic mass is 10.1. The molecular formula is C8H17NO2. The zero-order chi connectivity index (χ0) is 8.85. The zero-order valence-corrected chi connectivity index (χ0v) is 7.42. The maximum absolute atomic E-state index is 11.0. The van der Waals surface area contributed by atoms with Gasteiger partial charge in [-0.1, -0.05) is 20.8 Å². The molecule has 1 amide bonds. The van der Waals surface area contributed by atoms with Crippen LogP contribution in [-0.4, -0.2) is 24.2 Å². The zero-order valence-electron chi connectivity index (χ0n) is 7.42. The van der Waals surface area contributed by atoms with E-state index >= 15 is 0 Å². The van der Waals surface area contributed by atoms with Crippen molar-refractivity contribution in [1.29, 1.82) is 0 Å². The molecule has 0 aliphatic rings. The Bertz CT molecular complexity index is 123. The predicted octanol–water partition coefficient (Wildman–Crippen LogP) is 0.387. The lowest BCUT2D eigenvalue weighted by Crippen LogP contribution is -2.32. The maximum atomic E-state index is 11.0. The lowest BCUT2D eigenvalue weighted by Gasteiger charge is -2.10. The first-order valence-electron chi connectivity index (χ1n) is 3.96. The molecule has 0 unspecified atom stereocenters. The first kappa shape index (κ1) is 10.4. The van der Waals surface area contributed by atoms with Gasteiger partial charge < -0.3 is 10.4 Å². The molecule has 0 radical (unpaired) electrons. The molecule has 0 aliphatic heterocycles. The standard InChI is InChI=1S/C8H17NO2/c1-6(2)8(11)9-4-7(3)5-10/h6-7,10H,4-5H2,1-3H3,(H,9,11)/t7-/m1/s1. The summed E-state index contributed by atoms with van der Waals surface area (Å²) in [5, 5.41) is 11.4. The Labute approximate surface area is 67.8 Å². The van der Waals surface area contributed by atoms with Crippen LogP contribution in [0.25, 0.3) is 0 Å². The number of aliphatic hydroxyl groups is 1. The normalized spacial score (nSPS) is 13.2. The van der Waals surface area contributed by atoms with Gasteiger partial charge in [0.2, 0.25) is 5.91 Å². The minimum atomic E-state index is 0.0286. The largest absolute Gasteiger partial charge is 0.396 e. The van der Waals surface area contributed by atoms with Crippen LogP contribution in [0.4, 0.5) is 0 Å². The third kappa shape index (κ3) is 4.79. The quantitative estimate of drug-likeness (QED) is 0.623. The number of rotatable bonds is 4. The fraction of sp³-hybridized carbons (Fsp3) is 0.875. The van der Waals surface area contributed by atoms with Crippen LogP contribution in [0.5, 0.6) is 0 Å². The fourth-order valence-corrected chi connectivity index (χ4v) is 0.543. The van der Waals surface area contributed by atoms with Crippen molar-refractivity contribution in [3.8, 4) is 0 Å². The Balaban J connectivity index is 3.46. The van der Waals surface area contributed by atoms with E-state index in [2.05, 4.69) is 5.32 Å². The smallest absolute Gasteiger partial charge is 0.222 e. The molecule has 3 heteroatoms. The van der Waals surface area contributed by atoms with Gasteiger partial charge in [0.05, 0.1) is 0 Å². The van der Waals surface area contributed by atoms with Gasteiger partial charge in [0.1, 0.15) is 0 Å². The number of carbonyl (C=O) groups is 1. The van der Waals surface area contributed by atoms with E-state index in [0.717, 1.165) is 0 Å². The van der Waals surface area contributed by atoms with Crippen molar-refractivity contribution in [2.45, 2.75) is 20.8 Å². The van der Waals surface area contributed by atoms with Crippen molar-refractivity contribution in [1.82, 2.24) is 5.32 Å². The van der Waals surface area contributed by atoms with Crippen LogP contribution in [0, 0.1) is 11.8 Å². The van der Waals surface area contributed by atoms with Gasteiger partial charge in [0, 0.05) is 19.1 Å². The van der Waals surface area contributed by atoms with E-state index in [1.54, 1.807) is 0 Å². The first-order chi connectivity index (χ1) is 5.07. The minimum Gasteiger partial charge on any atom is -0.396 e. The maximum Gasteiger partial charge on any atom is 0.222 e. The monoisotopic (exact) mass is 159 g/mol. The van der Waals surface area contributed by atoms with Crippen LogP contribution in [0.2, 0.25) is 0 Å². The topological polar surface area (TPSA) is 49.3 Å². The number of nitrogens with one attached hydrogen (secondary N) is 1. The Morgan fingerprint density at radius 3 is 2.36 bits per heavy atom. The summed E-state index contributed by atoms with van der Waals surface area (Å²) < 4.78 is 0. The Hall–Kier alpha value is -0.570. The molecule has 2 N–H and O–H groups in total. The molecule has 0 aliphatic carbocycles. The molecule has 0 spiro atoms. The highest BCUT2D eigenvalue weighted by molar-refractivity contribution is 5.77. The lowest BCUT2D eigenvalue weighted by molar-refractivity contribution is -0.124. The Morgan fingerprint density at radius 2 is 2.00 bits per heavy atom. The van der Waals surface area contributed by atoms with Gasteiger partial charge >= 0.3 is 0 Å². The molecule has 0 aromatic heterocycles. The summed E-state index contributed by atoms with van der Waals surface area (Å²) in [4.78, 5) is 11.0. The second kappa shape index (κ2) is 5.13. The molecule has 0 aromatic rings. The van der Waals surface area contributed by atoms with Crippen molar-refractivity contribution in [3.63, 3.8) is 0 Å². The van der Waals surface area contributed by atoms with Gasteiger partial charge in [0.15, 0.2) is 0 Å². The van der Waals surface area contributed by atoms with Gasteiger partial charge in [-0.25, -0.2) is 0 Å². The highest BCUT2D eigenvalue weighted by Crippen LogP contribution is 1.93. The minimum absolute atomic E-state index is 0.0286. The summed E-state index contributed by atoms with van der Waals surface area (Å²) in [6.45, 7) is 6.27. The van der Waals surface area contributed by atoms with Gasteiger partial charge in [0.25, 0.3) is 0 Å². The molecule has 0 heterocycles. The number of aliphatic hydroxyl groups excluding tert-OH is 1. The molecule has 1 atom stereocenters. The molecule has 3 nitrogen and oxygen atoms in total. The van der Waals surface area contributed by atoms with E-state index in [1.807, 2.05) is 20.8 Å². The highest BCUT2D eigenvalue weighted by Gasteiger charge is 2.07. The molecule has 0 bridgehead atoms. The Kier molecular flexibility index (Phi) is 4.86. The van der Waals surface area contributed by atoms with E-state index in [0.29, 0.717) is 6.54 Å². The number of amides is 1. The van der Waals surface area contributed by atoms with Crippen LogP contribution in [0.1, 0.15) is 20.8 Å². The van der Waals surface area contributed by atoms with Crippen LogP contribution in [0.15, 0.2) is 0 Å². The second-order valence-corrected chi connectivity index (χ2v) is 3.19. The van der Waals surface area contributed by atoms with E-state index in [9.17, 15) is 4.79 Å². The summed E-state index contributed by atoms with van der Waals surface area (Å²) >= 11 is 0. The third-order valence-electron chi connectivity index (χ3n) is 1.46. The van der Waals surface area contributed by atoms with E-state index in [1.165, 1.54) is 0 Å². The van der Waals surface area contributed by atoms with Gasteiger partial charge in [-0.05, 0) is 5.92 Å². The number of hydrogen-bond acceptors (Lipinski definition) is 2.